The molecule has 0 bridgehead atoms. The van der Waals surface area contributed by atoms with Gasteiger partial charge in [0.2, 0.25) is 5.91 Å². The van der Waals surface area contributed by atoms with Crippen LogP contribution in [0.4, 0.5) is 11.5 Å². The minimum Gasteiger partial charge on any atom is -0.457 e. The Bertz CT molecular complexity index is 1830. The van der Waals surface area contributed by atoms with E-state index >= 15 is 0 Å². The van der Waals surface area contributed by atoms with Gasteiger partial charge in [-0.3, -0.25) is 9.59 Å². The van der Waals surface area contributed by atoms with E-state index < -0.39 is 5.91 Å². The number of benzene rings is 1. The van der Waals surface area contributed by atoms with E-state index in [0.717, 1.165) is 24.0 Å². The van der Waals surface area contributed by atoms with Crippen LogP contribution >= 0.6 is 0 Å². The van der Waals surface area contributed by atoms with Gasteiger partial charge in [-0.1, -0.05) is 6.58 Å². The van der Waals surface area contributed by atoms with Crippen molar-refractivity contribution in [3.63, 3.8) is 0 Å². The van der Waals surface area contributed by atoms with E-state index in [4.69, 9.17) is 10.5 Å². The number of fused-ring (bicyclic) bond motifs is 2. The Labute approximate surface area is 234 Å². The summed E-state index contributed by atoms with van der Waals surface area (Å²) in [6, 6.07) is 7.00. The number of carbonyl (C=O) groups excluding carboxylic acids is 2. The number of anilines is 2. The minimum absolute atomic E-state index is 0.115. The zero-order valence-corrected chi connectivity index (χ0v) is 22.6. The fourth-order valence-corrected chi connectivity index (χ4v) is 5.10. The number of rotatable bonds is 6. The molecular weight excluding hydrogens is 524 g/mol. The standard InChI is InChI=1S/C28H28N10O3/c1-4-23(39)36-10-5-6-18(13-36)38-27-24(26(29)31-14-32-27)25(35-38)28(40)34-20-7-8-21(17(3)16(20)2)41-19-9-11-37-22(12-19)30-15-33-37/h4,7-9,11-12,14-15,18H,1,5-6,10,13H2,2-3H3,(H,34,40)(H2,29,31,32). The Hall–Kier alpha value is -5.33. The Morgan fingerprint density at radius 3 is 2.83 bits per heavy atom. The topological polar surface area (TPSA) is 158 Å². The zero-order chi connectivity index (χ0) is 28.7. The highest BCUT2D eigenvalue weighted by molar-refractivity contribution is 6.13. The van der Waals surface area contributed by atoms with Crippen molar-refractivity contribution in [2.75, 3.05) is 24.1 Å². The Balaban J connectivity index is 1.28. The Kier molecular flexibility index (Phi) is 6.53. The predicted octanol–water partition coefficient (Wildman–Crippen LogP) is 3.46. The van der Waals surface area contributed by atoms with Crippen molar-refractivity contribution in [1.29, 1.82) is 0 Å². The lowest BCUT2D eigenvalue weighted by Gasteiger charge is -2.32. The molecule has 1 aliphatic rings. The van der Waals surface area contributed by atoms with Gasteiger partial charge in [0, 0.05) is 31.0 Å². The van der Waals surface area contributed by atoms with E-state index in [-0.39, 0.29) is 23.5 Å². The molecule has 5 heterocycles. The maximum absolute atomic E-state index is 13.6. The quantitative estimate of drug-likeness (QED) is 0.301. The van der Waals surface area contributed by atoms with Gasteiger partial charge in [-0.15, -0.1) is 0 Å². The van der Waals surface area contributed by atoms with E-state index in [0.29, 0.717) is 47.0 Å². The number of nitrogens with one attached hydrogen (secondary N) is 1. The number of hydrogen-bond donors (Lipinski definition) is 2. The van der Waals surface area contributed by atoms with Gasteiger partial charge in [0.15, 0.2) is 17.0 Å². The number of likely N-dealkylation sites (tertiary alicyclic amines) is 1. The largest absolute Gasteiger partial charge is 0.457 e. The number of piperidine rings is 1. The van der Waals surface area contributed by atoms with Crippen LogP contribution in [0.5, 0.6) is 11.5 Å². The van der Waals surface area contributed by atoms with Crippen LogP contribution in [0.2, 0.25) is 0 Å². The predicted molar refractivity (Wildman–Crippen MR) is 152 cm³/mol. The smallest absolute Gasteiger partial charge is 0.277 e. The molecule has 1 atom stereocenters. The molecule has 5 aromatic rings. The van der Waals surface area contributed by atoms with Gasteiger partial charge in [-0.2, -0.15) is 10.2 Å². The van der Waals surface area contributed by atoms with Gasteiger partial charge >= 0.3 is 0 Å². The van der Waals surface area contributed by atoms with E-state index in [1.807, 2.05) is 13.8 Å². The molecule has 13 nitrogen and oxygen atoms in total. The molecule has 0 spiro atoms. The Morgan fingerprint density at radius 1 is 1.15 bits per heavy atom. The first-order valence-electron chi connectivity index (χ1n) is 13.1. The highest BCUT2D eigenvalue weighted by Gasteiger charge is 2.29. The van der Waals surface area contributed by atoms with E-state index in [1.54, 1.807) is 44.6 Å². The third-order valence-corrected chi connectivity index (χ3v) is 7.43. The summed E-state index contributed by atoms with van der Waals surface area (Å²) in [6.07, 6.45) is 7.46. The maximum atomic E-state index is 13.6. The molecule has 3 N–H and O–H groups in total. The SMILES string of the molecule is C=CC(=O)N1CCCC(n2nc(C(=O)Nc3ccc(Oc4ccn5ncnc5c4)c(C)c3C)c3c(N)ncnc32)C1. The molecule has 1 aliphatic heterocycles. The molecule has 0 radical (unpaired) electrons. The molecule has 1 saturated heterocycles. The highest BCUT2D eigenvalue weighted by atomic mass is 16.5. The van der Waals surface area contributed by atoms with Crippen molar-refractivity contribution in [2.45, 2.75) is 32.7 Å². The summed E-state index contributed by atoms with van der Waals surface area (Å²) in [7, 11) is 0. The molecule has 0 aliphatic carbocycles. The number of pyridine rings is 1. The molecule has 6 rings (SSSR count). The molecule has 41 heavy (non-hydrogen) atoms. The van der Waals surface area contributed by atoms with Crippen LogP contribution in [0.3, 0.4) is 0 Å². The molecule has 13 heteroatoms. The van der Waals surface area contributed by atoms with E-state index in [1.165, 1.54) is 18.7 Å². The average molecular weight is 553 g/mol. The number of nitrogens with two attached hydrogens (primary N) is 1. The lowest BCUT2D eigenvalue weighted by atomic mass is 10.1. The van der Waals surface area contributed by atoms with Gasteiger partial charge < -0.3 is 20.7 Å². The fourth-order valence-electron chi connectivity index (χ4n) is 5.10. The third kappa shape index (κ3) is 4.71. The van der Waals surface area contributed by atoms with Crippen molar-refractivity contribution < 1.29 is 14.3 Å². The molecule has 0 saturated carbocycles. The molecule has 1 unspecified atom stereocenters. The van der Waals surface area contributed by atoms with Crippen molar-refractivity contribution in [3.8, 4) is 11.5 Å². The summed E-state index contributed by atoms with van der Waals surface area (Å²) in [5, 5.41) is 12.1. The summed E-state index contributed by atoms with van der Waals surface area (Å²) >= 11 is 0. The highest BCUT2D eigenvalue weighted by Crippen LogP contribution is 2.33. The lowest BCUT2D eigenvalue weighted by Crippen LogP contribution is -2.40. The van der Waals surface area contributed by atoms with Gasteiger partial charge in [0.1, 0.15) is 30.0 Å². The molecule has 1 aromatic carbocycles. The van der Waals surface area contributed by atoms with Crippen molar-refractivity contribution in [2.24, 2.45) is 0 Å². The normalized spacial score (nSPS) is 15.3. The number of amides is 2. The van der Waals surface area contributed by atoms with Gasteiger partial charge in [-0.05, 0) is 62.1 Å². The number of carbonyl (C=O) groups is 2. The molecule has 2 amide bonds. The number of nitrogen functional groups attached to an aromatic ring is 1. The average Bonchev–Trinajstić information content (AvgIpc) is 3.62. The number of hydrogen-bond acceptors (Lipinski definition) is 9. The second-order valence-electron chi connectivity index (χ2n) is 9.88. The molecular formula is C28H28N10O3. The molecule has 4 aromatic heterocycles. The third-order valence-electron chi connectivity index (χ3n) is 7.43. The van der Waals surface area contributed by atoms with Crippen molar-refractivity contribution in [1.82, 2.24) is 39.2 Å². The monoisotopic (exact) mass is 552 g/mol. The van der Waals surface area contributed by atoms with Crippen LogP contribution in [-0.4, -0.2) is 64.2 Å². The molecule has 1 fully saturated rings. The first-order chi connectivity index (χ1) is 19.8. The van der Waals surface area contributed by atoms with Crippen LogP contribution in [0.15, 0.2) is 55.8 Å². The van der Waals surface area contributed by atoms with Crippen LogP contribution in [0.25, 0.3) is 16.7 Å². The van der Waals surface area contributed by atoms with Crippen molar-refractivity contribution in [3.05, 3.63) is 72.6 Å². The van der Waals surface area contributed by atoms with Crippen LogP contribution in [0.1, 0.15) is 40.5 Å². The second kappa shape index (κ2) is 10.3. The van der Waals surface area contributed by atoms with Crippen LogP contribution < -0.4 is 15.8 Å². The van der Waals surface area contributed by atoms with Gasteiger partial charge in [0.05, 0.1) is 11.4 Å². The number of nitrogens with zero attached hydrogens (tertiary/aromatic N) is 8. The first-order valence-corrected chi connectivity index (χ1v) is 13.1. The number of aromatic nitrogens is 7. The lowest BCUT2D eigenvalue weighted by molar-refractivity contribution is -0.127. The van der Waals surface area contributed by atoms with Gasteiger partial charge in [0.25, 0.3) is 5.91 Å². The summed E-state index contributed by atoms with van der Waals surface area (Å²) in [6.45, 7) is 8.48. The van der Waals surface area contributed by atoms with E-state index in [2.05, 4.69) is 37.0 Å². The minimum atomic E-state index is -0.446. The second-order valence-corrected chi connectivity index (χ2v) is 9.88. The van der Waals surface area contributed by atoms with Crippen molar-refractivity contribution >= 4 is 40.0 Å². The molecule has 208 valence electrons. The van der Waals surface area contributed by atoms with E-state index in [9.17, 15) is 9.59 Å². The van der Waals surface area contributed by atoms with Crippen LogP contribution in [0, 0.1) is 13.8 Å². The summed E-state index contributed by atoms with van der Waals surface area (Å²) in [5.41, 5.74) is 9.74. The summed E-state index contributed by atoms with van der Waals surface area (Å²) in [5.74, 6) is 0.831. The first kappa shape index (κ1) is 25.9. The number of ether oxygens (including phenoxy) is 1. The zero-order valence-electron chi connectivity index (χ0n) is 22.6. The fraction of sp³-hybridized carbons (Fsp3) is 0.250. The summed E-state index contributed by atoms with van der Waals surface area (Å²) < 4.78 is 9.45. The van der Waals surface area contributed by atoms with Gasteiger partial charge in [-0.25, -0.2) is 24.1 Å². The Morgan fingerprint density at radius 2 is 2.00 bits per heavy atom. The van der Waals surface area contributed by atoms with Crippen LogP contribution in [-0.2, 0) is 4.79 Å². The maximum Gasteiger partial charge on any atom is 0.277 e. The summed E-state index contributed by atoms with van der Waals surface area (Å²) in [4.78, 5) is 40.3.